The number of amides is 1. The monoisotopic (exact) mass is 360 g/mol. The normalized spacial score (nSPS) is 26.5. The van der Waals surface area contributed by atoms with Gasteiger partial charge in [0.15, 0.2) is 12.4 Å². The third-order valence-electron chi connectivity index (χ3n) is 3.73. The number of carbonyl (C=O) groups excluding carboxylic acids is 1. The van der Waals surface area contributed by atoms with Crippen molar-refractivity contribution in [3.8, 4) is 0 Å². The van der Waals surface area contributed by atoms with Crippen LogP contribution >= 0.6 is 12.2 Å². The van der Waals surface area contributed by atoms with Crippen molar-refractivity contribution in [2.24, 2.45) is 0 Å². The third-order valence-corrected chi connectivity index (χ3v) is 4.22. The van der Waals surface area contributed by atoms with E-state index in [0.29, 0.717) is 18.1 Å². The molecule has 2 aliphatic heterocycles. The third kappa shape index (κ3) is 3.85. The van der Waals surface area contributed by atoms with E-state index in [1.807, 2.05) is 40.5 Å². The summed E-state index contributed by atoms with van der Waals surface area (Å²) in [7, 11) is 0. The molecule has 2 heterocycles. The van der Waals surface area contributed by atoms with Gasteiger partial charge in [0, 0.05) is 6.54 Å². The fourth-order valence-corrected chi connectivity index (χ4v) is 2.98. The quantitative estimate of drug-likeness (QED) is 0.827. The number of nitrogens with zero attached hydrogens (tertiary/aromatic N) is 1. The Labute approximate surface area is 141 Å². The van der Waals surface area contributed by atoms with Crippen LogP contribution in [0.1, 0.15) is 5.56 Å². The first kappa shape index (κ1) is 17.1. The Morgan fingerprint density at radius 1 is 1.29 bits per heavy atom. The highest BCUT2D eigenvalue weighted by molar-refractivity contribution is 7.80. The minimum atomic E-state index is -4.48. The maximum absolute atomic E-state index is 12.2. The maximum Gasteiger partial charge on any atom is 0.405 e. The summed E-state index contributed by atoms with van der Waals surface area (Å²) in [5, 5.41) is 1.82. The summed E-state index contributed by atoms with van der Waals surface area (Å²) in [5.74, 6) is -0.872. The number of morpholine rings is 1. The first-order valence-corrected chi connectivity index (χ1v) is 7.72. The van der Waals surface area contributed by atoms with Crippen LogP contribution in [0.3, 0.4) is 0 Å². The van der Waals surface area contributed by atoms with E-state index in [0.717, 1.165) is 5.56 Å². The molecule has 2 fully saturated rings. The molecule has 1 amide bonds. The van der Waals surface area contributed by atoms with Crippen LogP contribution in [0.5, 0.6) is 0 Å². The fraction of sp³-hybridized carbons (Fsp3) is 0.467. The molecule has 0 saturated carbocycles. The Balaban J connectivity index is 1.64. The van der Waals surface area contributed by atoms with Crippen molar-refractivity contribution in [2.45, 2.75) is 31.2 Å². The maximum atomic E-state index is 12.2. The van der Waals surface area contributed by atoms with E-state index in [4.69, 9.17) is 21.7 Å². The van der Waals surface area contributed by atoms with Crippen molar-refractivity contribution in [3.63, 3.8) is 0 Å². The van der Waals surface area contributed by atoms with E-state index in [2.05, 4.69) is 0 Å². The smallest absolute Gasteiger partial charge is 0.354 e. The number of halogens is 3. The largest absolute Gasteiger partial charge is 0.405 e. The molecule has 2 saturated heterocycles. The molecule has 0 spiro atoms. The average Bonchev–Trinajstić information content (AvgIpc) is 2.90. The van der Waals surface area contributed by atoms with Gasteiger partial charge in [-0.25, -0.2) is 0 Å². The molecular formula is C15H15F3N2O3S. The minimum absolute atomic E-state index is 0.327. The number of hydrogen-bond acceptors (Lipinski definition) is 4. The molecule has 1 aromatic rings. The Hall–Kier alpha value is -1.71. The van der Waals surface area contributed by atoms with Gasteiger partial charge in [0.2, 0.25) is 0 Å². The fourth-order valence-electron chi connectivity index (χ4n) is 2.66. The Morgan fingerprint density at radius 2 is 2.00 bits per heavy atom. The lowest BCUT2D eigenvalue weighted by atomic mass is 10.1. The molecule has 130 valence electrons. The number of rotatable bonds is 4. The predicted octanol–water partition coefficient (Wildman–Crippen LogP) is 1.62. The van der Waals surface area contributed by atoms with Crippen LogP contribution in [0.2, 0.25) is 0 Å². The highest BCUT2D eigenvalue weighted by Gasteiger charge is 2.49. The summed E-state index contributed by atoms with van der Waals surface area (Å²) in [6, 6.07) is 9.58. The Bertz CT molecular complexity index is 626. The van der Waals surface area contributed by atoms with Gasteiger partial charge in [0.25, 0.3) is 5.91 Å². The lowest BCUT2D eigenvalue weighted by Crippen LogP contribution is -2.51. The molecule has 1 aromatic carbocycles. The Kier molecular flexibility index (Phi) is 4.75. The second kappa shape index (κ2) is 6.66. The molecule has 0 aromatic heterocycles. The molecule has 2 bridgehead atoms. The van der Waals surface area contributed by atoms with E-state index >= 15 is 0 Å². The van der Waals surface area contributed by atoms with E-state index in [1.54, 1.807) is 0 Å². The van der Waals surface area contributed by atoms with Crippen molar-refractivity contribution in [1.29, 1.82) is 0 Å². The van der Waals surface area contributed by atoms with Crippen LogP contribution in [0, 0.1) is 0 Å². The molecule has 5 nitrogen and oxygen atoms in total. The van der Waals surface area contributed by atoms with Crippen molar-refractivity contribution >= 4 is 23.1 Å². The summed E-state index contributed by atoms with van der Waals surface area (Å²) in [6.07, 6.45) is -7.18. The molecule has 0 unspecified atom stereocenters. The van der Waals surface area contributed by atoms with Gasteiger partial charge in [-0.1, -0.05) is 42.5 Å². The standard InChI is InChI=1S/C15H15F3N2O3S/c16-15(17,18)8-19-13(21)11-12-14(24)20(7-10(22-11)23-12)6-9-4-2-1-3-5-9/h1-5,10-12H,6-8H2,(H,19,21)/t10-,11-,12-/m1/s1. The van der Waals surface area contributed by atoms with Crippen LogP contribution in [-0.4, -0.2) is 53.6 Å². The van der Waals surface area contributed by atoms with Crippen molar-refractivity contribution in [1.82, 2.24) is 10.2 Å². The number of thiocarbonyl (C=S) groups is 1. The minimum Gasteiger partial charge on any atom is -0.354 e. The second-order valence-corrected chi connectivity index (χ2v) is 6.00. The molecule has 24 heavy (non-hydrogen) atoms. The lowest BCUT2D eigenvalue weighted by molar-refractivity contribution is -0.146. The lowest BCUT2D eigenvalue weighted by Gasteiger charge is -2.33. The van der Waals surface area contributed by atoms with Crippen LogP contribution < -0.4 is 5.32 Å². The molecule has 3 rings (SSSR count). The van der Waals surface area contributed by atoms with Crippen molar-refractivity contribution < 1.29 is 27.4 Å². The number of alkyl halides is 3. The molecule has 0 radical (unpaired) electrons. The number of fused-ring (bicyclic) bond motifs is 2. The van der Waals surface area contributed by atoms with Crippen LogP contribution in [-0.2, 0) is 20.8 Å². The van der Waals surface area contributed by atoms with Gasteiger partial charge in [0.05, 0.1) is 6.54 Å². The first-order valence-electron chi connectivity index (χ1n) is 7.31. The van der Waals surface area contributed by atoms with Gasteiger partial charge in [-0.3, -0.25) is 4.79 Å². The van der Waals surface area contributed by atoms with Crippen LogP contribution in [0.15, 0.2) is 30.3 Å². The van der Waals surface area contributed by atoms with Gasteiger partial charge in [-0.2, -0.15) is 13.2 Å². The zero-order valence-electron chi connectivity index (χ0n) is 12.5. The molecule has 1 N–H and O–H groups in total. The van der Waals surface area contributed by atoms with E-state index < -0.39 is 37.1 Å². The van der Waals surface area contributed by atoms with Gasteiger partial charge in [-0.15, -0.1) is 0 Å². The zero-order chi connectivity index (χ0) is 17.3. The van der Waals surface area contributed by atoms with Gasteiger partial charge in [0.1, 0.15) is 17.6 Å². The number of nitrogens with one attached hydrogen (secondary N) is 1. The highest BCUT2D eigenvalue weighted by atomic mass is 32.1. The van der Waals surface area contributed by atoms with Gasteiger partial charge < -0.3 is 19.7 Å². The average molecular weight is 360 g/mol. The molecule has 3 atom stereocenters. The molecule has 2 aliphatic rings. The van der Waals surface area contributed by atoms with Gasteiger partial charge >= 0.3 is 6.18 Å². The second-order valence-electron chi connectivity index (χ2n) is 5.58. The Morgan fingerprint density at radius 3 is 2.67 bits per heavy atom. The number of hydrogen-bond donors (Lipinski definition) is 1. The number of ether oxygens (including phenoxy) is 2. The van der Waals surface area contributed by atoms with E-state index in [9.17, 15) is 18.0 Å². The molecule has 0 aliphatic carbocycles. The van der Waals surface area contributed by atoms with E-state index in [-0.39, 0.29) is 0 Å². The topological polar surface area (TPSA) is 50.8 Å². The first-order chi connectivity index (χ1) is 11.3. The highest BCUT2D eigenvalue weighted by Crippen LogP contribution is 2.29. The summed E-state index contributed by atoms with van der Waals surface area (Å²) in [4.78, 5) is 14.2. The SMILES string of the molecule is O=C(NCC(F)(F)F)[C@@H]1O[C@H]2CN(Cc3ccccc3)C(=S)[C@@H]1O2. The predicted molar refractivity (Wildman–Crippen MR) is 82.0 cm³/mol. The molecular weight excluding hydrogens is 345 g/mol. The zero-order valence-corrected chi connectivity index (χ0v) is 13.3. The van der Waals surface area contributed by atoms with Crippen LogP contribution in [0.4, 0.5) is 13.2 Å². The molecule has 9 heteroatoms. The number of benzene rings is 1. The van der Waals surface area contributed by atoms with Crippen LogP contribution in [0.25, 0.3) is 0 Å². The summed E-state index contributed by atoms with van der Waals surface area (Å²) >= 11 is 5.35. The summed E-state index contributed by atoms with van der Waals surface area (Å²) in [6.45, 7) is -0.562. The van der Waals surface area contributed by atoms with Gasteiger partial charge in [-0.05, 0) is 5.56 Å². The van der Waals surface area contributed by atoms with E-state index in [1.165, 1.54) is 0 Å². The van der Waals surface area contributed by atoms with Crippen molar-refractivity contribution in [2.75, 3.05) is 13.1 Å². The number of carbonyl (C=O) groups is 1. The summed E-state index contributed by atoms with van der Waals surface area (Å²) in [5.41, 5.74) is 1.03. The summed E-state index contributed by atoms with van der Waals surface area (Å²) < 4.78 is 47.6. The van der Waals surface area contributed by atoms with Crippen molar-refractivity contribution in [3.05, 3.63) is 35.9 Å².